The number of morpholine rings is 2. The molecule has 190 valence electrons. The maximum atomic E-state index is 13.5. The Hall–Kier alpha value is -3.01. The van der Waals surface area contributed by atoms with Crippen LogP contribution in [0.4, 0.5) is 4.79 Å². The van der Waals surface area contributed by atoms with E-state index in [1.807, 2.05) is 43.0 Å². The minimum atomic E-state index is 0.0543. The van der Waals surface area contributed by atoms with Crippen LogP contribution in [0, 0.1) is 6.92 Å². The minimum Gasteiger partial charge on any atom is -0.378 e. The number of urea groups is 1. The van der Waals surface area contributed by atoms with Crippen LogP contribution in [0.2, 0.25) is 0 Å². The van der Waals surface area contributed by atoms with Crippen molar-refractivity contribution in [2.24, 2.45) is 0 Å². The van der Waals surface area contributed by atoms with Gasteiger partial charge in [0.15, 0.2) is 5.65 Å². The van der Waals surface area contributed by atoms with Gasteiger partial charge in [-0.25, -0.2) is 14.8 Å². The summed E-state index contributed by atoms with van der Waals surface area (Å²) in [4.78, 5) is 30.2. The molecule has 2 amide bonds. The summed E-state index contributed by atoms with van der Waals surface area (Å²) >= 11 is 0. The second-order valence-electron chi connectivity index (χ2n) is 10.3. The van der Waals surface area contributed by atoms with Gasteiger partial charge in [-0.05, 0) is 61.6 Å². The topological polar surface area (TPSA) is 95.6 Å². The highest BCUT2D eigenvalue weighted by Gasteiger charge is 2.33. The molecule has 3 atom stereocenters. The summed E-state index contributed by atoms with van der Waals surface area (Å²) in [6.45, 7) is 10.8. The Morgan fingerprint density at radius 2 is 2.00 bits per heavy atom. The number of carbonyl (C=O) groups is 1. The Morgan fingerprint density at radius 3 is 2.78 bits per heavy atom. The summed E-state index contributed by atoms with van der Waals surface area (Å²) < 4.78 is 11.7. The quantitative estimate of drug-likeness (QED) is 0.573. The molecular weight excluding hydrogens is 456 g/mol. The number of fused-ring (bicyclic) bond motifs is 2. The Kier molecular flexibility index (Phi) is 6.15. The minimum absolute atomic E-state index is 0.0543. The normalized spacial score (nSPS) is 24.7. The largest absolute Gasteiger partial charge is 0.378 e. The van der Waals surface area contributed by atoms with Gasteiger partial charge in [0.05, 0.1) is 43.4 Å². The van der Waals surface area contributed by atoms with Gasteiger partial charge in [-0.3, -0.25) is 0 Å². The number of H-pyrrole nitrogens is 1. The van der Waals surface area contributed by atoms with Crippen LogP contribution in [0.15, 0.2) is 24.5 Å². The molecule has 2 aromatic heterocycles. The van der Waals surface area contributed by atoms with Gasteiger partial charge in [-0.2, -0.15) is 0 Å². The van der Waals surface area contributed by atoms with Crippen molar-refractivity contribution in [3.8, 4) is 11.3 Å². The molecule has 0 saturated carbocycles. The van der Waals surface area contributed by atoms with Crippen LogP contribution in [0.3, 0.4) is 0 Å². The highest BCUT2D eigenvalue weighted by molar-refractivity contribution is 5.78. The van der Waals surface area contributed by atoms with Gasteiger partial charge < -0.3 is 29.6 Å². The highest BCUT2D eigenvalue weighted by atomic mass is 16.5. The number of hydrogen-bond donors (Lipinski definition) is 2. The zero-order chi connectivity index (χ0) is 24.8. The van der Waals surface area contributed by atoms with Crippen LogP contribution in [-0.2, 0) is 22.4 Å². The zero-order valence-electron chi connectivity index (χ0n) is 21.2. The van der Waals surface area contributed by atoms with E-state index in [-0.39, 0.29) is 24.3 Å². The van der Waals surface area contributed by atoms with Crippen molar-refractivity contribution < 1.29 is 14.3 Å². The average Bonchev–Trinajstić information content (AvgIpc) is 3.27. The van der Waals surface area contributed by atoms with Crippen LogP contribution >= 0.6 is 0 Å². The summed E-state index contributed by atoms with van der Waals surface area (Å²) in [6.07, 6.45) is 4.70. The summed E-state index contributed by atoms with van der Waals surface area (Å²) in [6, 6.07) is 4.64. The van der Waals surface area contributed by atoms with E-state index in [0.29, 0.717) is 39.4 Å². The first-order chi connectivity index (χ1) is 17.5. The highest BCUT2D eigenvalue weighted by Crippen LogP contribution is 2.34. The monoisotopic (exact) mass is 490 g/mol. The lowest BCUT2D eigenvalue weighted by Crippen LogP contribution is -2.53. The molecule has 9 nitrogen and oxygen atoms in total. The standard InChI is InChI=1S/C27H34N6O3/c1-16-10-29-26-25(16)31-23(11-30-26)20-8-19-4-6-32(27(34)33-12-17(2)36-18(3)13-33)14-22(19)21(9-20)24-15-35-7-5-28-24/h8-11,17-18,24,28H,4-7,12-15H2,1-3H3,(H,29,30)/t17-,18-,24+/m1/s1. The van der Waals surface area contributed by atoms with Crippen LogP contribution in [-0.4, -0.2) is 82.4 Å². The average molecular weight is 491 g/mol. The first kappa shape index (κ1) is 23.4. The number of nitrogens with zero attached hydrogens (tertiary/aromatic N) is 4. The zero-order valence-corrected chi connectivity index (χ0v) is 21.2. The molecule has 1 aromatic carbocycles. The number of aryl methyl sites for hydroxylation is 1. The molecule has 0 aliphatic carbocycles. The van der Waals surface area contributed by atoms with Gasteiger partial charge >= 0.3 is 6.03 Å². The lowest BCUT2D eigenvalue weighted by atomic mass is 9.88. The number of nitrogens with one attached hydrogen (secondary N) is 2. The number of aromatic amines is 1. The number of carbonyl (C=O) groups excluding carboxylic acids is 1. The van der Waals surface area contributed by atoms with Crippen LogP contribution in [0.5, 0.6) is 0 Å². The van der Waals surface area contributed by atoms with E-state index in [1.165, 1.54) is 16.7 Å². The molecule has 3 aliphatic rings. The molecule has 9 heteroatoms. The van der Waals surface area contributed by atoms with E-state index in [2.05, 4.69) is 27.4 Å². The van der Waals surface area contributed by atoms with E-state index in [1.54, 1.807) is 0 Å². The number of aromatic nitrogens is 3. The molecule has 0 radical (unpaired) electrons. The Balaban J connectivity index is 1.35. The second kappa shape index (κ2) is 9.46. The fourth-order valence-electron chi connectivity index (χ4n) is 5.77. The predicted octanol–water partition coefficient (Wildman–Crippen LogP) is 3.18. The number of ether oxygens (including phenoxy) is 2. The van der Waals surface area contributed by atoms with Gasteiger partial charge in [-0.15, -0.1) is 0 Å². The van der Waals surface area contributed by atoms with Crippen molar-refractivity contribution in [1.29, 1.82) is 0 Å². The van der Waals surface area contributed by atoms with Gasteiger partial charge in [0.1, 0.15) is 5.52 Å². The van der Waals surface area contributed by atoms with E-state index < -0.39 is 0 Å². The van der Waals surface area contributed by atoms with Gasteiger partial charge in [-0.1, -0.05) is 0 Å². The molecule has 6 rings (SSSR count). The fraction of sp³-hybridized carbons (Fsp3) is 0.519. The molecular formula is C27H34N6O3. The molecule has 3 aromatic rings. The lowest BCUT2D eigenvalue weighted by molar-refractivity contribution is -0.0585. The first-order valence-electron chi connectivity index (χ1n) is 12.9. The number of rotatable bonds is 2. The van der Waals surface area contributed by atoms with Crippen molar-refractivity contribution in [2.75, 3.05) is 39.4 Å². The molecule has 0 unspecified atom stereocenters. The molecule has 0 bridgehead atoms. The summed E-state index contributed by atoms with van der Waals surface area (Å²) in [7, 11) is 0. The second-order valence-corrected chi connectivity index (χ2v) is 10.3. The number of amides is 2. The molecule has 36 heavy (non-hydrogen) atoms. The van der Waals surface area contributed by atoms with E-state index in [4.69, 9.17) is 14.5 Å². The SMILES string of the molecule is Cc1c[nH]c2ncc(-c3cc4c(c([C@@H]5COCCN5)c3)CN(C(=O)N3C[C@@H](C)O[C@H](C)C3)CC4)nc12. The van der Waals surface area contributed by atoms with Crippen LogP contribution in [0.1, 0.15) is 42.1 Å². The molecule has 2 saturated heterocycles. The van der Waals surface area contributed by atoms with Crippen molar-refractivity contribution in [1.82, 2.24) is 30.1 Å². The fourth-order valence-corrected chi connectivity index (χ4v) is 5.77. The van der Waals surface area contributed by atoms with Gasteiger partial charge in [0, 0.05) is 44.5 Å². The Morgan fingerprint density at radius 1 is 1.17 bits per heavy atom. The maximum absolute atomic E-state index is 13.5. The molecule has 0 spiro atoms. The van der Waals surface area contributed by atoms with Crippen molar-refractivity contribution >= 4 is 17.2 Å². The van der Waals surface area contributed by atoms with Crippen molar-refractivity contribution in [2.45, 2.75) is 52.0 Å². The third-order valence-electron chi connectivity index (χ3n) is 7.50. The van der Waals surface area contributed by atoms with Crippen molar-refractivity contribution in [3.63, 3.8) is 0 Å². The maximum Gasteiger partial charge on any atom is 0.320 e. The van der Waals surface area contributed by atoms with Crippen molar-refractivity contribution in [3.05, 3.63) is 46.8 Å². The number of benzene rings is 1. The third kappa shape index (κ3) is 4.36. The van der Waals surface area contributed by atoms with Crippen LogP contribution in [0.25, 0.3) is 22.4 Å². The predicted molar refractivity (Wildman–Crippen MR) is 137 cm³/mol. The van der Waals surface area contributed by atoms with E-state index in [9.17, 15) is 4.79 Å². The summed E-state index contributed by atoms with van der Waals surface area (Å²) in [5, 5.41) is 3.62. The molecule has 3 aliphatic heterocycles. The molecule has 5 heterocycles. The summed E-state index contributed by atoms with van der Waals surface area (Å²) in [5.74, 6) is 0. The van der Waals surface area contributed by atoms with E-state index >= 15 is 0 Å². The molecule has 2 fully saturated rings. The number of hydrogen-bond acceptors (Lipinski definition) is 6. The van der Waals surface area contributed by atoms with Gasteiger partial charge in [0.2, 0.25) is 0 Å². The summed E-state index contributed by atoms with van der Waals surface area (Å²) in [5.41, 5.74) is 8.40. The van der Waals surface area contributed by atoms with Crippen LogP contribution < -0.4 is 5.32 Å². The Labute approximate surface area is 211 Å². The lowest BCUT2D eigenvalue weighted by Gasteiger charge is -2.40. The van der Waals surface area contributed by atoms with E-state index in [0.717, 1.165) is 41.0 Å². The Bertz CT molecular complexity index is 1270. The third-order valence-corrected chi connectivity index (χ3v) is 7.50. The van der Waals surface area contributed by atoms with Gasteiger partial charge in [0.25, 0.3) is 0 Å². The first-order valence-corrected chi connectivity index (χ1v) is 12.9. The smallest absolute Gasteiger partial charge is 0.320 e. The molecule has 2 N–H and O–H groups in total.